The number of nitrogens with zero attached hydrogens (tertiary/aromatic N) is 2. The zero-order valence-corrected chi connectivity index (χ0v) is 7.84. The molecule has 1 aromatic rings. The highest BCUT2D eigenvalue weighted by Gasteiger charge is 2.29. The number of hydrogen-bond donors (Lipinski definition) is 1. The van der Waals surface area contributed by atoms with E-state index < -0.39 is 0 Å². The average Bonchev–Trinajstić information content (AvgIpc) is 2.83. The van der Waals surface area contributed by atoms with Crippen LogP contribution in [0.2, 0.25) is 0 Å². The van der Waals surface area contributed by atoms with E-state index in [0.29, 0.717) is 23.5 Å². The number of anilines is 1. The fraction of sp³-hybridized carbons (Fsp3) is 0.500. The SMILES string of the molecule is C=C(Cl)CNc1nnc(C2CC2)o1. The molecule has 0 radical (unpaired) electrons. The molecule has 1 saturated carbocycles. The van der Waals surface area contributed by atoms with Gasteiger partial charge < -0.3 is 9.73 Å². The first-order valence-corrected chi connectivity index (χ1v) is 4.54. The quantitative estimate of drug-likeness (QED) is 0.807. The molecule has 0 aliphatic heterocycles. The van der Waals surface area contributed by atoms with Gasteiger partial charge in [-0.15, -0.1) is 5.10 Å². The van der Waals surface area contributed by atoms with Crippen LogP contribution < -0.4 is 5.32 Å². The number of rotatable bonds is 4. The molecule has 1 aliphatic rings. The number of nitrogens with one attached hydrogen (secondary N) is 1. The van der Waals surface area contributed by atoms with Gasteiger partial charge in [-0.05, 0) is 12.8 Å². The molecule has 1 aromatic heterocycles. The lowest BCUT2D eigenvalue weighted by molar-refractivity contribution is 0.508. The summed E-state index contributed by atoms with van der Waals surface area (Å²) in [6, 6.07) is 0.420. The Morgan fingerprint density at radius 2 is 2.38 bits per heavy atom. The summed E-state index contributed by atoms with van der Waals surface area (Å²) in [6.07, 6.45) is 2.31. The summed E-state index contributed by atoms with van der Waals surface area (Å²) in [6.45, 7) is 3.99. The Bertz CT molecular complexity index is 319. The lowest BCUT2D eigenvalue weighted by Crippen LogP contribution is -2.00. The molecule has 0 saturated heterocycles. The van der Waals surface area contributed by atoms with Crippen LogP contribution >= 0.6 is 11.6 Å². The van der Waals surface area contributed by atoms with Crippen LogP contribution in [0, 0.1) is 0 Å². The molecule has 13 heavy (non-hydrogen) atoms. The van der Waals surface area contributed by atoms with Crippen molar-refractivity contribution < 1.29 is 4.42 Å². The van der Waals surface area contributed by atoms with E-state index in [-0.39, 0.29) is 0 Å². The summed E-state index contributed by atoms with van der Waals surface area (Å²) in [5.74, 6) is 1.21. The van der Waals surface area contributed by atoms with E-state index in [0.717, 1.165) is 18.7 Å². The Morgan fingerprint density at radius 1 is 1.62 bits per heavy atom. The van der Waals surface area contributed by atoms with E-state index in [1.54, 1.807) is 0 Å². The van der Waals surface area contributed by atoms with Crippen molar-refractivity contribution in [3.63, 3.8) is 0 Å². The van der Waals surface area contributed by atoms with Crippen LogP contribution in [0.5, 0.6) is 0 Å². The molecular formula is C8H10ClN3O. The fourth-order valence-corrected chi connectivity index (χ4v) is 1.04. The summed E-state index contributed by atoms with van der Waals surface area (Å²) in [7, 11) is 0. The van der Waals surface area contributed by atoms with Gasteiger partial charge in [-0.3, -0.25) is 0 Å². The maximum absolute atomic E-state index is 5.56. The first-order valence-electron chi connectivity index (χ1n) is 4.16. The predicted molar refractivity (Wildman–Crippen MR) is 49.8 cm³/mol. The molecule has 0 spiro atoms. The van der Waals surface area contributed by atoms with Gasteiger partial charge >= 0.3 is 6.01 Å². The molecule has 0 bridgehead atoms. The lowest BCUT2D eigenvalue weighted by Gasteiger charge is -1.96. The minimum atomic E-state index is 0.420. The molecule has 2 rings (SSSR count). The van der Waals surface area contributed by atoms with Crippen molar-refractivity contribution in [2.24, 2.45) is 0 Å². The van der Waals surface area contributed by atoms with E-state index in [4.69, 9.17) is 16.0 Å². The van der Waals surface area contributed by atoms with Crippen LogP contribution in [0.1, 0.15) is 24.7 Å². The highest BCUT2D eigenvalue weighted by atomic mass is 35.5. The Kier molecular flexibility index (Phi) is 2.22. The molecular weight excluding hydrogens is 190 g/mol. The van der Waals surface area contributed by atoms with E-state index in [1.165, 1.54) is 0 Å². The van der Waals surface area contributed by atoms with Crippen LogP contribution in [0.25, 0.3) is 0 Å². The molecule has 0 amide bonds. The third kappa shape index (κ3) is 2.21. The molecule has 70 valence electrons. The first-order chi connectivity index (χ1) is 6.25. The first kappa shape index (κ1) is 8.56. The van der Waals surface area contributed by atoms with Crippen molar-refractivity contribution in [1.82, 2.24) is 10.2 Å². The minimum absolute atomic E-state index is 0.420. The maximum atomic E-state index is 5.56. The van der Waals surface area contributed by atoms with E-state index in [1.807, 2.05) is 0 Å². The maximum Gasteiger partial charge on any atom is 0.315 e. The summed E-state index contributed by atoms with van der Waals surface area (Å²) in [5.41, 5.74) is 0. The number of halogens is 1. The smallest absolute Gasteiger partial charge is 0.315 e. The van der Waals surface area contributed by atoms with Gasteiger partial charge in [0.25, 0.3) is 0 Å². The van der Waals surface area contributed by atoms with Crippen molar-refractivity contribution >= 4 is 17.6 Å². The zero-order valence-electron chi connectivity index (χ0n) is 7.09. The van der Waals surface area contributed by atoms with E-state index in [2.05, 4.69) is 22.1 Å². The monoisotopic (exact) mass is 199 g/mol. The van der Waals surface area contributed by atoms with Gasteiger partial charge in [0.1, 0.15) is 0 Å². The molecule has 1 N–H and O–H groups in total. The van der Waals surface area contributed by atoms with Gasteiger partial charge in [0.15, 0.2) is 0 Å². The molecule has 4 nitrogen and oxygen atoms in total. The molecule has 1 aliphatic carbocycles. The van der Waals surface area contributed by atoms with Crippen molar-refractivity contribution in [2.75, 3.05) is 11.9 Å². The highest BCUT2D eigenvalue weighted by Crippen LogP contribution is 2.39. The summed E-state index contributed by atoms with van der Waals surface area (Å²) < 4.78 is 5.32. The largest absolute Gasteiger partial charge is 0.408 e. The van der Waals surface area contributed by atoms with Crippen LogP contribution in [0.4, 0.5) is 6.01 Å². The Balaban J connectivity index is 1.92. The van der Waals surface area contributed by atoms with Gasteiger partial charge in [-0.25, -0.2) is 0 Å². The Labute approximate surface area is 81.0 Å². The van der Waals surface area contributed by atoms with Gasteiger partial charge in [-0.1, -0.05) is 23.3 Å². The minimum Gasteiger partial charge on any atom is -0.408 e. The summed E-state index contributed by atoms with van der Waals surface area (Å²) >= 11 is 5.56. The van der Waals surface area contributed by atoms with Gasteiger partial charge in [0.05, 0.1) is 6.54 Å². The number of aromatic nitrogens is 2. The zero-order chi connectivity index (χ0) is 9.26. The second kappa shape index (κ2) is 3.38. The lowest BCUT2D eigenvalue weighted by atomic mass is 10.4. The van der Waals surface area contributed by atoms with Gasteiger partial charge in [-0.2, -0.15) is 0 Å². The summed E-state index contributed by atoms with van der Waals surface area (Å²) in [4.78, 5) is 0. The van der Waals surface area contributed by atoms with Gasteiger partial charge in [0, 0.05) is 11.0 Å². The molecule has 0 atom stereocenters. The molecule has 1 fully saturated rings. The Hall–Kier alpha value is -1.03. The topological polar surface area (TPSA) is 51.0 Å². The predicted octanol–water partition coefficient (Wildman–Crippen LogP) is 2.11. The third-order valence-electron chi connectivity index (χ3n) is 1.80. The molecule has 0 unspecified atom stereocenters. The second-order valence-corrected chi connectivity index (χ2v) is 3.63. The molecule has 5 heteroatoms. The highest BCUT2D eigenvalue weighted by molar-refractivity contribution is 6.29. The number of hydrogen-bond acceptors (Lipinski definition) is 4. The average molecular weight is 200 g/mol. The normalized spacial score (nSPS) is 15.8. The van der Waals surface area contributed by atoms with Crippen LogP contribution in [-0.4, -0.2) is 16.7 Å². The van der Waals surface area contributed by atoms with E-state index >= 15 is 0 Å². The molecule has 1 heterocycles. The van der Waals surface area contributed by atoms with Crippen LogP contribution in [0.15, 0.2) is 16.0 Å². The standard InChI is InChI=1S/C8H10ClN3O/c1-5(9)4-10-8-12-11-7(13-8)6-2-3-6/h6H,1-4H2,(H,10,12). The van der Waals surface area contributed by atoms with E-state index in [9.17, 15) is 0 Å². The van der Waals surface area contributed by atoms with Crippen LogP contribution in [0.3, 0.4) is 0 Å². The second-order valence-electron chi connectivity index (χ2n) is 3.09. The van der Waals surface area contributed by atoms with Crippen LogP contribution in [-0.2, 0) is 0 Å². The van der Waals surface area contributed by atoms with Crippen molar-refractivity contribution in [3.8, 4) is 0 Å². The fourth-order valence-electron chi connectivity index (χ4n) is 0.973. The Morgan fingerprint density at radius 3 is 3.00 bits per heavy atom. The van der Waals surface area contributed by atoms with Crippen molar-refractivity contribution in [3.05, 3.63) is 17.5 Å². The summed E-state index contributed by atoms with van der Waals surface area (Å²) in [5, 5.41) is 11.1. The molecule has 0 aromatic carbocycles. The van der Waals surface area contributed by atoms with Crippen molar-refractivity contribution in [2.45, 2.75) is 18.8 Å². The van der Waals surface area contributed by atoms with Crippen molar-refractivity contribution in [1.29, 1.82) is 0 Å². The third-order valence-corrected chi connectivity index (χ3v) is 1.93. The van der Waals surface area contributed by atoms with Gasteiger partial charge in [0.2, 0.25) is 5.89 Å².